The molecule has 0 saturated heterocycles. The normalized spacial score (nSPS) is 12.0. The molecule has 0 spiro atoms. The lowest BCUT2D eigenvalue weighted by Gasteiger charge is -2.17. The molecule has 2 aromatic rings. The van der Waals surface area contributed by atoms with Gasteiger partial charge in [0.05, 0.1) is 18.2 Å². The van der Waals surface area contributed by atoms with Crippen molar-refractivity contribution in [3.63, 3.8) is 0 Å². The predicted molar refractivity (Wildman–Crippen MR) is 104 cm³/mol. The second kappa shape index (κ2) is 10.0. The summed E-state index contributed by atoms with van der Waals surface area (Å²) in [7, 11) is 1.62. The molecule has 0 aliphatic heterocycles. The maximum atomic E-state index is 9.28. The molecule has 0 fully saturated rings. The third-order valence-corrected chi connectivity index (χ3v) is 4.69. The number of hydrogen-bond acceptors (Lipinski definition) is 4. The summed E-state index contributed by atoms with van der Waals surface area (Å²) in [6, 6.07) is 11.6. The Hall–Kier alpha value is -1.27. The number of methoxy groups -OCH3 is 1. The Balaban J connectivity index is 2.10. The Morgan fingerprint density at radius 1 is 1.24 bits per heavy atom. The first-order valence-corrected chi connectivity index (χ1v) is 9.32. The van der Waals surface area contributed by atoms with Crippen LogP contribution in [0.4, 0.5) is 0 Å². The molecule has 0 heterocycles. The van der Waals surface area contributed by atoms with Crippen molar-refractivity contribution in [3.05, 3.63) is 57.0 Å². The maximum Gasteiger partial charge on any atom is 0.175 e. The molecule has 0 aromatic heterocycles. The van der Waals surface area contributed by atoms with E-state index in [2.05, 4.69) is 21.2 Å². The first-order valence-electron chi connectivity index (χ1n) is 8.15. The van der Waals surface area contributed by atoms with Crippen molar-refractivity contribution in [2.75, 3.05) is 13.7 Å². The Bertz CT molecular complexity index is 692. The third-order valence-electron chi connectivity index (χ3n) is 3.87. The second-order valence-electron chi connectivity index (χ2n) is 5.70. The molecule has 0 radical (unpaired) electrons. The molecule has 0 saturated carbocycles. The van der Waals surface area contributed by atoms with E-state index < -0.39 is 0 Å². The summed E-state index contributed by atoms with van der Waals surface area (Å²) in [4.78, 5) is 0. The lowest BCUT2D eigenvalue weighted by Crippen LogP contribution is -2.31. The van der Waals surface area contributed by atoms with Gasteiger partial charge in [0.25, 0.3) is 0 Å². The number of aliphatic hydroxyl groups is 1. The van der Waals surface area contributed by atoms with Gasteiger partial charge in [-0.25, -0.2) is 0 Å². The van der Waals surface area contributed by atoms with Crippen molar-refractivity contribution in [1.82, 2.24) is 5.32 Å². The highest BCUT2D eigenvalue weighted by Gasteiger charge is 2.13. The fraction of sp³-hybridized carbons (Fsp3) is 0.368. The fourth-order valence-corrected chi connectivity index (χ4v) is 3.21. The average Bonchev–Trinajstić information content (AvgIpc) is 2.61. The highest BCUT2D eigenvalue weighted by atomic mass is 79.9. The van der Waals surface area contributed by atoms with Gasteiger partial charge in [-0.2, -0.15) is 0 Å². The Morgan fingerprint density at radius 3 is 2.68 bits per heavy atom. The summed E-state index contributed by atoms with van der Waals surface area (Å²) >= 11 is 9.57. The smallest absolute Gasteiger partial charge is 0.175 e. The molecular formula is C19H23BrClNO3. The summed E-state index contributed by atoms with van der Waals surface area (Å²) in [6.45, 7) is 3.20. The maximum absolute atomic E-state index is 9.28. The van der Waals surface area contributed by atoms with Crippen LogP contribution in [0.3, 0.4) is 0 Å². The zero-order valence-electron chi connectivity index (χ0n) is 14.4. The Kier molecular flexibility index (Phi) is 8.03. The molecule has 6 heteroatoms. The quantitative estimate of drug-likeness (QED) is 0.615. The van der Waals surface area contributed by atoms with E-state index in [-0.39, 0.29) is 12.6 Å². The predicted octanol–water partition coefficient (Wildman–Crippen LogP) is 4.55. The number of benzene rings is 2. The van der Waals surface area contributed by atoms with E-state index in [1.54, 1.807) is 7.11 Å². The molecule has 0 aliphatic carbocycles. The number of aliphatic hydroxyl groups excluding tert-OH is 1. The summed E-state index contributed by atoms with van der Waals surface area (Å²) in [5.74, 6) is 1.31. The van der Waals surface area contributed by atoms with E-state index >= 15 is 0 Å². The van der Waals surface area contributed by atoms with Gasteiger partial charge < -0.3 is 19.9 Å². The van der Waals surface area contributed by atoms with Gasteiger partial charge in [-0.1, -0.05) is 30.7 Å². The van der Waals surface area contributed by atoms with Crippen LogP contribution in [-0.4, -0.2) is 24.9 Å². The SMILES string of the molecule is CC[C@@H](CO)NCc1cc(Br)c(OCc2cccc(Cl)c2)c(OC)c1. The first-order chi connectivity index (χ1) is 12.1. The molecule has 4 nitrogen and oxygen atoms in total. The summed E-state index contributed by atoms with van der Waals surface area (Å²) < 4.78 is 12.2. The van der Waals surface area contributed by atoms with Crippen LogP contribution in [0.2, 0.25) is 5.02 Å². The van der Waals surface area contributed by atoms with E-state index in [0.717, 1.165) is 22.0 Å². The number of ether oxygens (including phenoxy) is 2. The van der Waals surface area contributed by atoms with Crippen LogP contribution in [0.25, 0.3) is 0 Å². The van der Waals surface area contributed by atoms with Crippen molar-refractivity contribution in [2.45, 2.75) is 32.5 Å². The minimum atomic E-state index is 0.0866. The van der Waals surface area contributed by atoms with E-state index in [1.807, 2.05) is 43.3 Å². The van der Waals surface area contributed by atoms with E-state index in [4.69, 9.17) is 21.1 Å². The van der Waals surface area contributed by atoms with Gasteiger partial charge in [-0.05, 0) is 57.7 Å². The minimum absolute atomic E-state index is 0.0866. The molecule has 1 atom stereocenters. The van der Waals surface area contributed by atoms with Gasteiger partial charge in [-0.15, -0.1) is 0 Å². The highest BCUT2D eigenvalue weighted by Crippen LogP contribution is 2.37. The van der Waals surface area contributed by atoms with Crippen LogP contribution in [0, 0.1) is 0 Å². The average molecular weight is 429 g/mol. The molecule has 0 aliphatic rings. The molecule has 136 valence electrons. The van der Waals surface area contributed by atoms with Crippen molar-refractivity contribution in [1.29, 1.82) is 0 Å². The van der Waals surface area contributed by atoms with E-state index in [1.165, 1.54) is 0 Å². The zero-order valence-corrected chi connectivity index (χ0v) is 16.7. The molecule has 2 aromatic carbocycles. The van der Waals surface area contributed by atoms with E-state index in [9.17, 15) is 5.11 Å². The van der Waals surface area contributed by atoms with E-state index in [0.29, 0.717) is 29.7 Å². The molecule has 0 unspecified atom stereocenters. The van der Waals surface area contributed by atoms with Crippen molar-refractivity contribution < 1.29 is 14.6 Å². The summed E-state index contributed by atoms with van der Waals surface area (Å²) in [6.07, 6.45) is 0.871. The van der Waals surface area contributed by atoms with Crippen LogP contribution < -0.4 is 14.8 Å². The zero-order chi connectivity index (χ0) is 18.2. The molecule has 0 amide bonds. The van der Waals surface area contributed by atoms with Crippen LogP contribution in [0.5, 0.6) is 11.5 Å². The van der Waals surface area contributed by atoms with Crippen LogP contribution in [0.1, 0.15) is 24.5 Å². The highest BCUT2D eigenvalue weighted by molar-refractivity contribution is 9.10. The number of halogens is 2. The third kappa shape index (κ3) is 5.89. The topological polar surface area (TPSA) is 50.7 Å². The molecule has 2 N–H and O–H groups in total. The largest absolute Gasteiger partial charge is 0.493 e. The van der Waals surface area contributed by atoms with Gasteiger partial charge >= 0.3 is 0 Å². The Morgan fingerprint density at radius 2 is 2.04 bits per heavy atom. The Labute approximate surface area is 162 Å². The van der Waals surface area contributed by atoms with Gasteiger partial charge in [0.15, 0.2) is 11.5 Å². The second-order valence-corrected chi connectivity index (χ2v) is 6.99. The van der Waals surface area contributed by atoms with Gasteiger partial charge in [0, 0.05) is 17.6 Å². The van der Waals surface area contributed by atoms with Crippen LogP contribution in [0.15, 0.2) is 40.9 Å². The molecule has 25 heavy (non-hydrogen) atoms. The van der Waals surface area contributed by atoms with Crippen LogP contribution in [-0.2, 0) is 13.2 Å². The van der Waals surface area contributed by atoms with Crippen LogP contribution >= 0.6 is 27.5 Å². The molecule has 2 rings (SSSR count). The molecule has 0 bridgehead atoms. The number of hydrogen-bond donors (Lipinski definition) is 2. The van der Waals surface area contributed by atoms with Crippen molar-refractivity contribution in [3.8, 4) is 11.5 Å². The van der Waals surface area contributed by atoms with Gasteiger partial charge in [0.1, 0.15) is 6.61 Å². The minimum Gasteiger partial charge on any atom is -0.493 e. The lowest BCUT2D eigenvalue weighted by molar-refractivity contribution is 0.238. The lowest BCUT2D eigenvalue weighted by atomic mass is 10.1. The number of nitrogens with one attached hydrogen (secondary N) is 1. The first kappa shape index (κ1) is 20.0. The monoisotopic (exact) mass is 427 g/mol. The van der Waals surface area contributed by atoms with Gasteiger partial charge in [-0.3, -0.25) is 0 Å². The number of rotatable bonds is 9. The standard InChI is InChI=1S/C19H23BrClNO3/c1-3-16(11-23)22-10-14-8-17(20)19(18(9-14)24-2)25-12-13-5-4-6-15(21)7-13/h4-9,16,22-23H,3,10-12H2,1-2H3/t16-/m0/s1. The molecular weight excluding hydrogens is 406 g/mol. The summed E-state index contributed by atoms with van der Waals surface area (Å²) in [5.41, 5.74) is 2.03. The summed E-state index contributed by atoms with van der Waals surface area (Å²) in [5, 5.41) is 13.3. The fourth-order valence-electron chi connectivity index (χ4n) is 2.40. The van der Waals surface area contributed by atoms with Crippen molar-refractivity contribution >= 4 is 27.5 Å². The van der Waals surface area contributed by atoms with Gasteiger partial charge in [0.2, 0.25) is 0 Å². The van der Waals surface area contributed by atoms with Crippen molar-refractivity contribution in [2.24, 2.45) is 0 Å².